The Morgan fingerprint density at radius 3 is 2.59 bits per heavy atom. The monoisotopic (exact) mass is 363 g/mol. The van der Waals surface area contributed by atoms with Crippen LogP contribution < -0.4 is 10.9 Å². The van der Waals surface area contributed by atoms with Crippen LogP contribution in [-0.4, -0.2) is 23.4 Å². The predicted octanol–water partition coefficient (Wildman–Crippen LogP) is 2.45. The van der Waals surface area contributed by atoms with Gasteiger partial charge in [-0.15, -0.1) is 0 Å². The second-order valence-corrected chi connectivity index (χ2v) is 5.71. The minimum Gasteiger partial charge on any atom is -0.444 e. The topological polar surface area (TPSA) is 74.6 Å². The average molecular weight is 364 g/mol. The molecule has 0 aliphatic carbocycles. The lowest BCUT2D eigenvalue weighted by molar-refractivity contribution is 0.0900. The third-order valence-electron chi connectivity index (χ3n) is 3.50. The van der Waals surface area contributed by atoms with Crippen LogP contribution in [0.1, 0.15) is 21.7 Å². The molecule has 7 heteroatoms. The maximum absolute atomic E-state index is 12.1. The second kappa shape index (κ2) is 6.23. The van der Waals surface area contributed by atoms with Crippen molar-refractivity contribution in [2.45, 2.75) is 13.0 Å². The van der Waals surface area contributed by atoms with Crippen LogP contribution in [0.15, 0.2) is 45.5 Å². The van der Waals surface area contributed by atoms with Crippen LogP contribution in [0.5, 0.6) is 0 Å². The molecule has 22 heavy (non-hydrogen) atoms. The summed E-state index contributed by atoms with van der Waals surface area (Å²) in [6.07, 6.45) is 0.808. The highest BCUT2D eigenvalue weighted by Crippen LogP contribution is 2.18. The summed E-state index contributed by atoms with van der Waals surface area (Å²) >= 11 is 3.12. The lowest BCUT2D eigenvalue weighted by atomic mass is 10.0. The summed E-state index contributed by atoms with van der Waals surface area (Å²) in [5, 5.41) is 0. The van der Waals surface area contributed by atoms with Crippen molar-refractivity contribution in [2.24, 2.45) is 0 Å². The number of nitrogens with one attached hydrogen (secondary N) is 2. The van der Waals surface area contributed by atoms with Gasteiger partial charge < -0.3 is 9.32 Å². The van der Waals surface area contributed by atoms with Crippen molar-refractivity contribution in [3.8, 4) is 0 Å². The zero-order valence-corrected chi connectivity index (χ0v) is 13.2. The Balaban J connectivity index is 1.56. The molecule has 0 bridgehead atoms. The number of carbonyl (C=O) groups is 2. The first-order valence-corrected chi connectivity index (χ1v) is 7.60. The van der Waals surface area contributed by atoms with Crippen molar-refractivity contribution in [3.05, 3.63) is 58.0 Å². The highest BCUT2D eigenvalue weighted by atomic mass is 79.9. The van der Waals surface area contributed by atoms with E-state index in [4.69, 9.17) is 4.42 Å². The highest BCUT2D eigenvalue weighted by molar-refractivity contribution is 9.10. The van der Waals surface area contributed by atoms with E-state index >= 15 is 0 Å². The number of hydrogen-bond donors (Lipinski definition) is 2. The number of halogens is 1. The Kier molecular flexibility index (Phi) is 4.15. The van der Waals surface area contributed by atoms with Crippen LogP contribution >= 0.6 is 15.9 Å². The molecule has 0 radical (unpaired) electrons. The van der Waals surface area contributed by atoms with Gasteiger partial charge in [-0.05, 0) is 45.6 Å². The van der Waals surface area contributed by atoms with Gasteiger partial charge in [-0.2, -0.15) is 0 Å². The fraction of sp³-hybridized carbons (Fsp3) is 0.200. The minimum absolute atomic E-state index is 0.121. The lowest BCUT2D eigenvalue weighted by Crippen LogP contribution is -2.50. The SMILES string of the molecule is O=C(NNC(=O)N1CCc2ccccc2C1)c1ccc(Br)o1. The number of nitrogens with zero attached hydrogens (tertiary/aromatic N) is 1. The van der Waals surface area contributed by atoms with E-state index in [1.165, 1.54) is 11.6 Å². The molecule has 0 saturated heterocycles. The number of hydrogen-bond acceptors (Lipinski definition) is 3. The Morgan fingerprint density at radius 1 is 1.09 bits per heavy atom. The zero-order chi connectivity index (χ0) is 15.5. The maximum atomic E-state index is 12.1. The standard InChI is InChI=1S/C15H14BrN3O3/c16-13-6-5-12(22-13)14(20)17-18-15(21)19-8-7-10-3-1-2-4-11(10)9-19/h1-6H,7-9H2,(H,17,20)(H,18,21). The molecule has 3 rings (SSSR count). The molecule has 114 valence electrons. The van der Waals surface area contributed by atoms with E-state index in [1.807, 2.05) is 18.2 Å². The van der Waals surface area contributed by atoms with Crippen LogP contribution in [0, 0.1) is 0 Å². The largest absolute Gasteiger partial charge is 0.444 e. The maximum Gasteiger partial charge on any atom is 0.336 e. The van der Waals surface area contributed by atoms with Gasteiger partial charge in [0, 0.05) is 13.1 Å². The fourth-order valence-electron chi connectivity index (χ4n) is 2.36. The molecule has 0 atom stereocenters. The third-order valence-corrected chi connectivity index (χ3v) is 3.92. The molecule has 2 heterocycles. The van der Waals surface area contributed by atoms with Gasteiger partial charge in [-0.25, -0.2) is 10.2 Å². The molecule has 0 saturated carbocycles. The normalized spacial score (nSPS) is 13.4. The van der Waals surface area contributed by atoms with E-state index in [0.29, 0.717) is 17.8 Å². The van der Waals surface area contributed by atoms with Crippen LogP contribution in [-0.2, 0) is 13.0 Å². The molecule has 6 nitrogen and oxygen atoms in total. The first kappa shape index (κ1) is 14.6. The Bertz CT molecular complexity index is 714. The van der Waals surface area contributed by atoms with E-state index in [9.17, 15) is 9.59 Å². The number of amides is 3. The Labute approximate surface area is 135 Å². The van der Waals surface area contributed by atoms with Gasteiger partial charge in [0.05, 0.1) is 0 Å². The summed E-state index contributed by atoms with van der Waals surface area (Å²) in [5.41, 5.74) is 7.13. The predicted molar refractivity (Wildman–Crippen MR) is 83.0 cm³/mol. The van der Waals surface area contributed by atoms with Gasteiger partial charge in [-0.3, -0.25) is 10.2 Å². The van der Waals surface area contributed by atoms with Crippen LogP contribution in [0.3, 0.4) is 0 Å². The molecule has 1 aromatic carbocycles. The molecular weight excluding hydrogens is 350 g/mol. The summed E-state index contributed by atoms with van der Waals surface area (Å²) in [4.78, 5) is 25.5. The van der Waals surface area contributed by atoms with E-state index in [-0.39, 0.29) is 11.8 Å². The van der Waals surface area contributed by atoms with Crippen LogP contribution in [0.25, 0.3) is 0 Å². The molecule has 0 unspecified atom stereocenters. The van der Waals surface area contributed by atoms with E-state index in [1.54, 1.807) is 11.0 Å². The minimum atomic E-state index is -0.503. The van der Waals surface area contributed by atoms with Gasteiger partial charge in [0.25, 0.3) is 0 Å². The van der Waals surface area contributed by atoms with Crippen molar-refractivity contribution in [1.82, 2.24) is 15.8 Å². The van der Waals surface area contributed by atoms with Gasteiger partial charge in [0.15, 0.2) is 10.4 Å². The van der Waals surface area contributed by atoms with Gasteiger partial charge in [0.2, 0.25) is 0 Å². The van der Waals surface area contributed by atoms with Crippen molar-refractivity contribution >= 4 is 27.9 Å². The van der Waals surface area contributed by atoms with Crippen LogP contribution in [0.4, 0.5) is 4.79 Å². The molecule has 3 amide bonds. The third kappa shape index (κ3) is 3.14. The second-order valence-electron chi connectivity index (χ2n) is 4.93. The van der Waals surface area contributed by atoms with Crippen molar-refractivity contribution < 1.29 is 14.0 Å². The first-order chi connectivity index (χ1) is 10.6. The number of carbonyl (C=O) groups excluding carboxylic acids is 2. The molecule has 2 N–H and O–H groups in total. The summed E-state index contributed by atoms with van der Waals surface area (Å²) in [7, 11) is 0. The Morgan fingerprint density at radius 2 is 1.86 bits per heavy atom. The summed E-state index contributed by atoms with van der Waals surface area (Å²) in [6, 6.07) is 10.8. The number of rotatable bonds is 1. The molecule has 0 fully saturated rings. The quantitative estimate of drug-likeness (QED) is 0.764. The smallest absolute Gasteiger partial charge is 0.336 e. The fourth-order valence-corrected chi connectivity index (χ4v) is 2.66. The highest BCUT2D eigenvalue weighted by Gasteiger charge is 2.21. The van der Waals surface area contributed by atoms with Gasteiger partial charge in [0.1, 0.15) is 0 Å². The number of fused-ring (bicyclic) bond motifs is 1. The van der Waals surface area contributed by atoms with Crippen molar-refractivity contribution in [1.29, 1.82) is 0 Å². The number of furan rings is 1. The molecule has 2 aromatic rings. The Hall–Kier alpha value is -2.28. The van der Waals surface area contributed by atoms with Crippen molar-refractivity contribution in [3.63, 3.8) is 0 Å². The summed E-state index contributed by atoms with van der Waals surface area (Å²) < 4.78 is 5.56. The number of urea groups is 1. The molecule has 0 spiro atoms. The van der Waals surface area contributed by atoms with Gasteiger partial charge >= 0.3 is 11.9 Å². The van der Waals surface area contributed by atoms with Gasteiger partial charge in [-0.1, -0.05) is 24.3 Å². The summed E-state index contributed by atoms with van der Waals surface area (Å²) in [6.45, 7) is 1.15. The van der Waals surface area contributed by atoms with E-state index < -0.39 is 5.91 Å². The molecule has 1 aromatic heterocycles. The first-order valence-electron chi connectivity index (χ1n) is 6.81. The lowest BCUT2D eigenvalue weighted by Gasteiger charge is -2.28. The average Bonchev–Trinajstić information content (AvgIpc) is 2.98. The zero-order valence-electron chi connectivity index (χ0n) is 11.6. The van der Waals surface area contributed by atoms with Crippen LogP contribution in [0.2, 0.25) is 0 Å². The van der Waals surface area contributed by atoms with Crippen molar-refractivity contribution in [2.75, 3.05) is 6.54 Å². The molecule has 1 aliphatic rings. The number of benzene rings is 1. The molecular formula is C15H14BrN3O3. The molecule has 1 aliphatic heterocycles. The number of hydrazine groups is 1. The summed E-state index contributed by atoms with van der Waals surface area (Å²) in [5.74, 6) is -0.382. The van der Waals surface area contributed by atoms with E-state index in [2.05, 4.69) is 32.8 Å². The van der Waals surface area contributed by atoms with E-state index in [0.717, 1.165) is 12.0 Å².